The van der Waals surface area contributed by atoms with Crippen molar-refractivity contribution in [1.29, 1.82) is 0 Å². The second kappa shape index (κ2) is 4.19. The quantitative estimate of drug-likeness (QED) is 0.592. The van der Waals surface area contributed by atoms with Crippen LogP contribution in [0.1, 0.15) is 25.5 Å². The fraction of sp³-hybridized carbons (Fsp3) is 0.400. The van der Waals surface area contributed by atoms with E-state index in [1.165, 1.54) is 6.07 Å². The van der Waals surface area contributed by atoms with Crippen LogP contribution in [0.4, 0.5) is 5.69 Å². The largest absolute Gasteiger partial charge is 0.324 e. The number of nitrogens with two attached hydrogens (primary N) is 1. The highest BCUT2D eigenvalue weighted by Crippen LogP contribution is 2.27. The third kappa shape index (κ3) is 2.09. The molecule has 76 valence electrons. The molecule has 0 aromatic heterocycles. The van der Waals surface area contributed by atoms with Crippen LogP contribution in [-0.2, 0) is 0 Å². The van der Waals surface area contributed by atoms with E-state index in [4.69, 9.17) is 5.73 Å². The van der Waals surface area contributed by atoms with Crippen LogP contribution < -0.4 is 5.73 Å². The van der Waals surface area contributed by atoms with Gasteiger partial charge >= 0.3 is 0 Å². The highest BCUT2D eigenvalue weighted by atomic mass is 16.6. The van der Waals surface area contributed by atoms with E-state index < -0.39 is 4.92 Å². The lowest BCUT2D eigenvalue weighted by atomic mass is 9.96. The average molecular weight is 194 g/mol. The molecule has 0 spiro atoms. The molecule has 0 unspecified atom stereocenters. The first-order valence-corrected chi connectivity index (χ1v) is 4.53. The van der Waals surface area contributed by atoms with Gasteiger partial charge in [0.2, 0.25) is 0 Å². The summed E-state index contributed by atoms with van der Waals surface area (Å²) in [6.07, 6.45) is 0. The van der Waals surface area contributed by atoms with E-state index in [0.717, 1.165) is 0 Å². The van der Waals surface area contributed by atoms with Gasteiger partial charge in [0, 0.05) is 17.7 Å². The standard InChI is InChI=1S/C10H14N2O2/c1-7(2)10(11)8-5-3-4-6-9(8)12(13)14/h3-7,10H,11H2,1-2H3/t10-/m1/s1. The Kier molecular flexibility index (Phi) is 3.19. The first-order valence-electron chi connectivity index (χ1n) is 4.53. The lowest BCUT2D eigenvalue weighted by Gasteiger charge is -2.15. The Labute approximate surface area is 82.9 Å². The normalized spacial score (nSPS) is 12.9. The maximum absolute atomic E-state index is 10.7. The minimum atomic E-state index is -0.391. The number of rotatable bonds is 3. The van der Waals surface area contributed by atoms with Crippen LogP contribution in [0.2, 0.25) is 0 Å². The van der Waals surface area contributed by atoms with Crippen molar-refractivity contribution in [2.24, 2.45) is 11.7 Å². The summed E-state index contributed by atoms with van der Waals surface area (Å²) in [4.78, 5) is 10.3. The fourth-order valence-corrected chi connectivity index (χ4v) is 1.29. The fourth-order valence-electron chi connectivity index (χ4n) is 1.29. The molecule has 0 aliphatic heterocycles. The van der Waals surface area contributed by atoms with Crippen LogP contribution in [0.25, 0.3) is 0 Å². The molecule has 0 bridgehead atoms. The van der Waals surface area contributed by atoms with Crippen LogP contribution in [-0.4, -0.2) is 4.92 Å². The van der Waals surface area contributed by atoms with E-state index in [1.54, 1.807) is 18.2 Å². The minimum Gasteiger partial charge on any atom is -0.324 e. The molecule has 0 amide bonds. The molecule has 1 aromatic rings. The molecule has 4 nitrogen and oxygen atoms in total. The molecule has 1 atom stereocenters. The van der Waals surface area contributed by atoms with Crippen LogP contribution in [0, 0.1) is 16.0 Å². The molecular formula is C10H14N2O2. The summed E-state index contributed by atoms with van der Waals surface area (Å²) in [5.41, 5.74) is 6.58. The van der Waals surface area contributed by atoms with E-state index in [0.29, 0.717) is 5.56 Å². The molecule has 0 radical (unpaired) electrons. The van der Waals surface area contributed by atoms with Gasteiger partial charge in [0.15, 0.2) is 0 Å². The maximum Gasteiger partial charge on any atom is 0.274 e. The maximum atomic E-state index is 10.7. The van der Waals surface area contributed by atoms with Gasteiger partial charge in [-0.1, -0.05) is 32.0 Å². The van der Waals surface area contributed by atoms with Crippen molar-refractivity contribution in [1.82, 2.24) is 0 Å². The molecule has 0 saturated heterocycles. The monoisotopic (exact) mass is 194 g/mol. The van der Waals surface area contributed by atoms with E-state index in [9.17, 15) is 10.1 Å². The zero-order valence-corrected chi connectivity index (χ0v) is 8.31. The average Bonchev–Trinajstić information content (AvgIpc) is 2.16. The second-order valence-electron chi connectivity index (χ2n) is 3.59. The van der Waals surface area contributed by atoms with Crippen molar-refractivity contribution in [3.63, 3.8) is 0 Å². The Bertz CT molecular complexity index is 337. The lowest BCUT2D eigenvalue weighted by Crippen LogP contribution is -2.17. The van der Waals surface area contributed by atoms with Gasteiger partial charge in [0.25, 0.3) is 5.69 Å². The van der Waals surface area contributed by atoms with Crippen molar-refractivity contribution in [2.45, 2.75) is 19.9 Å². The zero-order valence-electron chi connectivity index (χ0n) is 8.31. The van der Waals surface area contributed by atoms with Crippen LogP contribution in [0.5, 0.6) is 0 Å². The number of para-hydroxylation sites is 1. The van der Waals surface area contributed by atoms with Crippen molar-refractivity contribution in [3.05, 3.63) is 39.9 Å². The molecule has 4 heteroatoms. The number of hydrogen-bond acceptors (Lipinski definition) is 3. The first kappa shape index (κ1) is 10.7. The smallest absolute Gasteiger partial charge is 0.274 e. The molecule has 1 rings (SSSR count). The van der Waals surface area contributed by atoms with E-state index in [1.807, 2.05) is 13.8 Å². The van der Waals surface area contributed by atoms with E-state index >= 15 is 0 Å². The van der Waals surface area contributed by atoms with Gasteiger partial charge in [0.1, 0.15) is 0 Å². The summed E-state index contributed by atoms with van der Waals surface area (Å²) in [5, 5.41) is 10.7. The summed E-state index contributed by atoms with van der Waals surface area (Å²) < 4.78 is 0. The second-order valence-corrected chi connectivity index (χ2v) is 3.59. The Balaban J connectivity index is 3.13. The predicted molar refractivity (Wildman–Crippen MR) is 54.9 cm³/mol. The topological polar surface area (TPSA) is 69.2 Å². The molecule has 0 aliphatic rings. The Morgan fingerprint density at radius 3 is 2.43 bits per heavy atom. The van der Waals surface area contributed by atoms with Crippen LogP contribution in [0.15, 0.2) is 24.3 Å². The van der Waals surface area contributed by atoms with Gasteiger partial charge in [-0.3, -0.25) is 10.1 Å². The molecule has 0 heterocycles. The molecule has 0 fully saturated rings. The Morgan fingerprint density at radius 1 is 1.36 bits per heavy atom. The number of nitro groups is 1. The minimum absolute atomic E-state index is 0.105. The molecule has 14 heavy (non-hydrogen) atoms. The van der Waals surface area contributed by atoms with Crippen LogP contribution in [0.3, 0.4) is 0 Å². The van der Waals surface area contributed by atoms with Crippen molar-refractivity contribution >= 4 is 5.69 Å². The zero-order chi connectivity index (χ0) is 10.7. The van der Waals surface area contributed by atoms with Gasteiger partial charge in [-0.25, -0.2) is 0 Å². The lowest BCUT2D eigenvalue weighted by molar-refractivity contribution is -0.385. The highest BCUT2D eigenvalue weighted by molar-refractivity contribution is 5.41. The van der Waals surface area contributed by atoms with E-state index in [2.05, 4.69) is 0 Å². The summed E-state index contributed by atoms with van der Waals surface area (Å²) in [6, 6.07) is 6.33. The molecule has 2 N–H and O–H groups in total. The summed E-state index contributed by atoms with van der Waals surface area (Å²) >= 11 is 0. The number of hydrogen-bond donors (Lipinski definition) is 1. The number of nitrogens with zero attached hydrogens (tertiary/aromatic N) is 1. The Hall–Kier alpha value is -1.42. The summed E-state index contributed by atoms with van der Waals surface area (Å²) in [7, 11) is 0. The molecule has 0 aliphatic carbocycles. The predicted octanol–water partition coefficient (Wildman–Crippen LogP) is 2.25. The highest BCUT2D eigenvalue weighted by Gasteiger charge is 2.20. The molecular weight excluding hydrogens is 180 g/mol. The van der Waals surface area contributed by atoms with E-state index in [-0.39, 0.29) is 17.6 Å². The first-order chi connectivity index (χ1) is 6.54. The third-order valence-corrected chi connectivity index (χ3v) is 2.21. The van der Waals surface area contributed by atoms with Crippen LogP contribution >= 0.6 is 0 Å². The van der Waals surface area contributed by atoms with Crippen molar-refractivity contribution in [3.8, 4) is 0 Å². The van der Waals surface area contributed by atoms with Gasteiger partial charge in [-0.05, 0) is 5.92 Å². The Morgan fingerprint density at radius 2 is 1.93 bits per heavy atom. The van der Waals surface area contributed by atoms with Crippen molar-refractivity contribution in [2.75, 3.05) is 0 Å². The van der Waals surface area contributed by atoms with Gasteiger partial charge in [0.05, 0.1) is 4.92 Å². The number of benzene rings is 1. The van der Waals surface area contributed by atoms with Gasteiger partial charge in [-0.15, -0.1) is 0 Å². The summed E-state index contributed by atoms with van der Waals surface area (Å²) in [6.45, 7) is 3.89. The van der Waals surface area contributed by atoms with Crippen molar-refractivity contribution < 1.29 is 4.92 Å². The molecule has 0 saturated carbocycles. The SMILES string of the molecule is CC(C)[C@@H](N)c1ccccc1[N+](=O)[O-]. The number of nitro benzene ring substituents is 1. The van der Waals surface area contributed by atoms with Gasteiger partial charge < -0.3 is 5.73 Å². The molecule has 1 aromatic carbocycles. The van der Waals surface area contributed by atoms with Gasteiger partial charge in [-0.2, -0.15) is 0 Å². The third-order valence-electron chi connectivity index (χ3n) is 2.21. The summed E-state index contributed by atoms with van der Waals surface area (Å²) in [5.74, 6) is 0.191.